The van der Waals surface area contributed by atoms with Crippen LogP contribution >= 0.6 is 11.6 Å². The molecule has 0 unspecified atom stereocenters. The molecule has 1 atom stereocenters. The maximum atomic E-state index is 13.7. The first-order valence-corrected chi connectivity index (χ1v) is 11.3. The molecule has 1 aromatic heterocycles. The average molecular weight is 467 g/mol. The number of carbonyl (C=O) groups is 2. The number of halogens is 2. The van der Waals surface area contributed by atoms with Gasteiger partial charge in [-0.05, 0) is 48.7 Å². The van der Waals surface area contributed by atoms with Gasteiger partial charge in [0.15, 0.2) is 0 Å². The third-order valence-electron chi connectivity index (χ3n) is 5.73. The third-order valence-corrected chi connectivity index (χ3v) is 5.97. The summed E-state index contributed by atoms with van der Waals surface area (Å²) in [6.45, 7) is 0. The summed E-state index contributed by atoms with van der Waals surface area (Å²) in [5.41, 5.74) is 0.975. The summed E-state index contributed by atoms with van der Waals surface area (Å²) >= 11 is 6.23. The Morgan fingerprint density at radius 1 is 1.06 bits per heavy atom. The summed E-state index contributed by atoms with van der Waals surface area (Å²) in [4.78, 5) is 36.8. The zero-order valence-corrected chi connectivity index (χ0v) is 18.7. The van der Waals surface area contributed by atoms with E-state index in [-0.39, 0.29) is 17.6 Å². The first-order chi connectivity index (χ1) is 16.0. The number of hydrogen-bond acceptors (Lipinski definition) is 4. The van der Waals surface area contributed by atoms with Crippen LogP contribution in [0.25, 0.3) is 0 Å². The molecule has 1 N–H and O–H groups in total. The normalized spacial score (nSPS) is 15.0. The largest absolute Gasteiger partial charge is 0.351 e. The predicted octanol–water partition coefficient (Wildman–Crippen LogP) is 5.11. The Kier molecular flexibility index (Phi) is 7.29. The Hall–Kier alpha value is -3.32. The van der Waals surface area contributed by atoms with Crippen LogP contribution in [0.5, 0.6) is 0 Å². The van der Waals surface area contributed by atoms with Gasteiger partial charge in [0.2, 0.25) is 5.91 Å². The molecule has 33 heavy (non-hydrogen) atoms. The molecule has 1 aliphatic rings. The lowest BCUT2D eigenvalue weighted by atomic mass is 9.94. The van der Waals surface area contributed by atoms with Gasteiger partial charge in [0, 0.05) is 29.1 Å². The summed E-state index contributed by atoms with van der Waals surface area (Å²) in [5.74, 6) is -1.29. The van der Waals surface area contributed by atoms with E-state index in [0.29, 0.717) is 16.3 Å². The SMILES string of the molecule is O=C(NC1CCCCC1)[C@@H](c1ccc(F)cc1)N(C(=O)c1cnccn1)c1cccc(Cl)c1. The van der Waals surface area contributed by atoms with Crippen LogP contribution in [-0.4, -0.2) is 27.8 Å². The number of hydrogen-bond donors (Lipinski definition) is 1. The highest BCUT2D eigenvalue weighted by atomic mass is 35.5. The zero-order valence-electron chi connectivity index (χ0n) is 18.0. The van der Waals surface area contributed by atoms with Gasteiger partial charge in [-0.1, -0.05) is 49.1 Å². The zero-order chi connectivity index (χ0) is 23.2. The fraction of sp³-hybridized carbons (Fsp3) is 0.280. The van der Waals surface area contributed by atoms with Crippen LogP contribution in [0.2, 0.25) is 5.02 Å². The second kappa shape index (κ2) is 10.5. The van der Waals surface area contributed by atoms with Crippen LogP contribution in [-0.2, 0) is 4.79 Å². The number of amides is 2. The number of anilines is 1. The van der Waals surface area contributed by atoms with Gasteiger partial charge in [0.05, 0.1) is 6.20 Å². The maximum absolute atomic E-state index is 13.7. The molecule has 6 nitrogen and oxygen atoms in total. The molecule has 170 valence electrons. The van der Waals surface area contributed by atoms with E-state index >= 15 is 0 Å². The molecule has 0 spiro atoms. The molecule has 8 heteroatoms. The van der Waals surface area contributed by atoms with Crippen molar-refractivity contribution in [2.45, 2.75) is 44.2 Å². The van der Waals surface area contributed by atoms with Crippen molar-refractivity contribution < 1.29 is 14.0 Å². The second-order valence-electron chi connectivity index (χ2n) is 8.04. The van der Waals surface area contributed by atoms with Crippen molar-refractivity contribution in [2.75, 3.05) is 4.90 Å². The molecule has 0 aliphatic heterocycles. The van der Waals surface area contributed by atoms with E-state index in [9.17, 15) is 14.0 Å². The first kappa shape index (κ1) is 22.9. The van der Waals surface area contributed by atoms with Gasteiger partial charge in [0.25, 0.3) is 5.91 Å². The molecule has 0 saturated heterocycles. The van der Waals surface area contributed by atoms with E-state index in [4.69, 9.17) is 11.6 Å². The third kappa shape index (κ3) is 5.54. The van der Waals surface area contributed by atoms with Crippen LogP contribution in [0, 0.1) is 5.82 Å². The van der Waals surface area contributed by atoms with Crippen LogP contribution in [0.4, 0.5) is 10.1 Å². The highest BCUT2D eigenvalue weighted by Crippen LogP contribution is 2.32. The van der Waals surface area contributed by atoms with Gasteiger partial charge in [0.1, 0.15) is 17.6 Å². The Balaban J connectivity index is 1.80. The van der Waals surface area contributed by atoms with E-state index in [1.807, 2.05) is 0 Å². The fourth-order valence-electron chi connectivity index (χ4n) is 4.13. The van der Waals surface area contributed by atoms with Crippen molar-refractivity contribution >= 4 is 29.1 Å². The van der Waals surface area contributed by atoms with E-state index in [1.54, 1.807) is 24.3 Å². The highest BCUT2D eigenvalue weighted by Gasteiger charge is 2.35. The molecule has 1 aliphatic carbocycles. The molecular formula is C25H24ClFN4O2. The lowest BCUT2D eigenvalue weighted by Crippen LogP contribution is -2.47. The van der Waals surface area contributed by atoms with Crippen LogP contribution in [0.1, 0.15) is 54.2 Å². The Bertz CT molecular complexity index is 1100. The predicted molar refractivity (Wildman–Crippen MR) is 124 cm³/mol. The molecule has 2 aromatic carbocycles. The highest BCUT2D eigenvalue weighted by molar-refractivity contribution is 6.31. The van der Waals surface area contributed by atoms with Crippen LogP contribution in [0.3, 0.4) is 0 Å². The topological polar surface area (TPSA) is 75.2 Å². The van der Waals surface area contributed by atoms with Crippen LogP contribution < -0.4 is 10.2 Å². The molecule has 3 aromatic rings. The molecule has 0 radical (unpaired) electrons. The molecule has 2 amide bonds. The minimum atomic E-state index is -1.06. The number of carbonyl (C=O) groups excluding carboxylic acids is 2. The summed E-state index contributed by atoms with van der Waals surface area (Å²) in [6.07, 6.45) is 9.24. The minimum absolute atomic E-state index is 0.0297. The van der Waals surface area contributed by atoms with Crippen molar-refractivity contribution in [1.29, 1.82) is 0 Å². The number of nitrogens with one attached hydrogen (secondary N) is 1. The fourth-order valence-corrected chi connectivity index (χ4v) is 4.32. The van der Waals surface area contributed by atoms with Crippen molar-refractivity contribution in [1.82, 2.24) is 15.3 Å². The van der Waals surface area contributed by atoms with Gasteiger partial charge in [-0.2, -0.15) is 0 Å². The molecule has 1 heterocycles. The van der Waals surface area contributed by atoms with Crippen molar-refractivity contribution in [3.63, 3.8) is 0 Å². The van der Waals surface area contributed by atoms with Gasteiger partial charge < -0.3 is 5.32 Å². The lowest BCUT2D eigenvalue weighted by Gasteiger charge is -2.33. The van der Waals surface area contributed by atoms with E-state index in [1.165, 1.54) is 47.8 Å². The summed E-state index contributed by atoms with van der Waals surface area (Å²) in [6, 6.07) is 11.3. The van der Waals surface area contributed by atoms with E-state index < -0.39 is 17.8 Å². The molecule has 1 saturated carbocycles. The maximum Gasteiger partial charge on any atom is 0.279 e. The van der Waals surface area contributed by atoms with Crippen molar-refractivity contribution in [2.24, 2.45) is 0 Å². The number of rotatable bonds is 6. The summed E-state index contributed by atoms with van der Waals surface area (Å²) < 4.78 is 13.7. The van der Waals surface area contributed by atoms with Crippen molar-refractivity contribution in [3.05, 3.63) is 89.2 Å². The minimum Gasteiger partial charge on any atom is -0.351 e. The van der Waals surface area contributed by atoms with Crippen LogP contribution in [0.15, 0.2) is 67.1 Å². The summed E-state index contributed by atoms with van der Waals surface area (Å²) in [5, 5.41) is 3.52. The smallest absolute Gasteiger partial charge is 0.279 e. The number of aromatic nitrogens is 2. The van der Waals surface area contributed by atoms with Crippen molar-refractivity contribution in [3.8, 4) is 0 Å². The molecule has 1 fully saturated rings. The Morgan fingerprint density at radius 3 is 2.48 bits per heavy atom. The van der Waals surface area contributed by atoms with E-state index in [2.05, 4.69) is 15.3 Å². The molecule has 4 rings (SSSR count). The standard InChI is InChI=1S/C25H24ClFN4O2/c26-18-5-4-8-21(15-18)31(25(33)22-16-28-13-14-29-22)23(17-9-11-19(27)12-10-17)24(32)30-20-6-2-1-3-7-20/h4-5,8-16,20,23H,1-3,6-7H2,(H,30,32)/t23-/m1/s1. The Labute approximate surface area is 196 Å². The molecular weight excluding hydrogens is 443 g/mol. The lowest BCUT2D eigenvalue weighted by molar-refractivity contribution is -0.123. The van der Waals surface area contributed by atoms with Gasteiger partial charge in [-0.25, -0.2) is 9.37 Å². The summed E-state index contributed by atoms with van der Waals surface area (Å²) in [7, 11) is 0. The Morgan fingerprint density at radius 2 is 1.82 bits per heavy atom. The van der Waals surface area contributed by atoms with Gasteiger partial charge in [-0.3, -0.25) is 19.5 Å². The molecule has 0 bridgehead atoms. The monoisotopic (exact) mass is 466 g/mol. The quantitative estimate of drug-likeness (QED) is 0.548. The average Bonchev–Trinajstić information content (AvgIpc) is 2.84. The number of nitrogens with zero attached hydrogens (tertiary/aromatic N) is 3. The first-order valence-electron chi connectivity index (χ1n) is 10.9. The van der Waals surface area contributed by atoms with Gasteiger partial charge in [-0.15, -0.1) is 0 Å². The van der Waals surface area contributed by atoms with Gasteiger partial charge >= 0.3 is 0 Å². The van der Waals surface area contributed by atoms with E-state index in [0.717, 1.165) is 32.1 Å². The second-order valence-corrected chi connectivity index (χ2v) is 8.48. The number of benzene rings is 2.